The Morgan fingerprint density at radius 3 is 2.85 bits per heavy atom. The predicted octanol–water partition coefficient (Wildman–Crippen LogP) is 3.28. The van der Waals surface area contributed by atoms with Gasteiger partial charge < -0.3 is 10.1 Å². The third-order valence-corrected chi connectivity index (χ3v) is 5.84. The first kappa shape index (κ1) is 16.2. The summed E-state index contributed by atoms with van der Waals surface area (Å²) in [5, 5.41) is 4.25. The molecule has 1 aliphatic rings. The molecule has 0 bridgehead atoms. The number of aryl methyl sites for hydroxylation is 1. The van der Waals surface area contributed by atoms with Gasteiger partial charge in [0.1, 0.15) is 39.3 Å². The first-order valence-electron chi connectivity index (χ1n) is 8.72. The molecule has 0 spiro atoms. The van der Waals surface area contributed by atoms with Crippen molar-refractivity contribution in [2.24, 2.45) is 0 Å². The first-order chi connectivity index (χ1) is 13.2. The highest BCUT2D eigenvalue weighted by Crippen LogP contribution is 2.35. The summed E-state index contributed by atoms with van der Waals surface area (Å²) in [6, 6.07) is 6.07. The van der Waals surface area contributed by atoms with Crippen LogP contribution in [0, 0.1) is 6.92 Å². The third-order valence-electron chi connectivity index (χ3n) is 4.76. The number of hydrogen-bond acceptors (Lipinski definition) is 7. The van der Waals surface area contributed by atoms with Gasteiger partial charge >= 0.3 is 0 Å². The molecule has 1 N–H and O–H groups in total. The van der Waals surface area contributed by atoms with Crippen LogP contribution in [-0.2, 0) is 0 Å². The average molecular weight is 379 g/mol. The molecule has 1 aromatic carbocycles. The lowest BCUT2D eigenvalue weighted by Gasteiger charge is -2.10. The second-order valence-corrected chi connectivity index (χ2v) is 7.67. The number of ether oxygens (including phenoxy) is 1. The number of hydrogen-bond donors (Lipinski definition) is 1. The van der Waals surface area contributed by atoms with Gasteiger partial charge in [0.15, 0.2) is 0 Å². The molecule has 4 aromatic rings. The van der Waals surface area contributed by atoms with E-state index in [1.165, 1.54) is 17.7 Å². The highest BCUT2D eigenvalue weighted by Gasteiger charge is 2.24. The van der Waals surface area contributed by atoms with E-state index in [2.05, 4.69) is 20.3 Å². The lowest BCUT2D eigenvalue weighted by Crippen LogP contribution is -2.18. The van der Waals surface area contributed by atoms with Crippen LogP contribution in [0.5, 0.6) is 5.75 Å². The van der Waals surface area contributed by atoms with Crippen LogP contribution in [0.25, 0.3) is 26.1 Å². The van der Waals surface area contributed by atoms with E-state index in [1.54, 1.807) is 18.0 Å². The van der Waals surface area contributed by atoms with E-state index in [0.29, 0.717) is 16.3 Å². The number of rotatable bonds is 4. The smallest absolute Gasteiger partial charge is 0.275 e. The van der Waals surface area contributed by atoms with Crippen LogP contribution in [0.2, 0.25) is 0 Å². The second kappa shape index (κ2) is 6.02. The largest absolute Gasteiger partial charge is 0.497 e. The molecule has 136 valence electrons. The molecule has 5 rings (SSSR count). The van der Waals surface area contributed by atoms with Gasteiger partial charge in [-0.05, 0) is 43.5 Å². The summed E-state index contributed by atoms with van der Waals surface area (Å²) in [6.07, 6.45) is 5.41. The van der Waals surface area contributed by atoms with E-state index in [4.69, 9.17) is 4.74 Å². The van der Waals surface area contributed by atoms with Gasteiger partial charge in [-0.3, -0.25) is 9.36 Å². The monoisotopic (exact) mass is 379 g/mol. The molecule has 0 aliphatic heterocycles. The van der Waals surface area contributed by atoms with Crippen molar-refractivity contribution in [2.75, 3.05) is 12.4 Å². The number of methoxy groups -OCH3 is 1. The van der Waals surface area contributed by atoms with Crippen LogP contribution < -0.4 is 15.6 Å². The Labute approximate surface area is 158 Å². The molecule has 3 aromatic heterocycles. The lowest BCUT2D eigenvalue weighted by molar-refractivity contribution is 0.414. The molecular formula is C19H17N5O2S. The second-order valence-electron chi connectivity index (χ2n) is 6.67. The Kier molecular flexibility index (Phi) is 3.61. The Bertz CT molecular complexity index is 1240. The zero-order valence-electron chi connectivity index (χ0n) is 14.9. The summed E-state index contributed by atoms with van der Waals surface area (Å²) in [4.78, 5) is 27.3. The average Bonchev–Trinajstić information content (AvgIpc) is 3.40. The van der Waals surface area contributed by atoms with Gasteiger partial charge in [-0.25, -0.2) is 15.0 Å². The van der Waals surface area contributed by atoms with E-state index >= 15 is 0 Å². The van der Waals surface area contributed by atoms with E-state index in [0.717, 1.165) is 45.9 Å². The molecule has 0 saturated heterocycles. The topological polar surface area (TPSA) is 81.9 Å². The van der Waals surface area contributed by atoms with E-state index in [1.807, 2.05) is 25.1 Å². The Hall–Kier alpha value is -3.00. The molecule has 0 unspecified atom stereocenters. The number of fused-ring (bicyclic) bond motifs is 3. The van der Waals surface area contributed by atoms with Crippen LogP contribution in [0.4, 0.5) is 5.82 Å². The zero-order chi connectivity index (χ0) is 18.5. The molecule has 0 atom stereocenters. The van der Waals surface area contributed by atoms with Crippen LogP contribution in [0.1, 0.15) is 18.4 Å². The fourth-order valence-corrected chi connectivity index (χ4v) is 4.22. The fourth-order valence-electron chi connectivity index (χ4n) is 3.19. The molecule has 27 heavy (non-hydrogen) atoms. The first-order valence-corrected chi connectivity index (χ1v) is 9.54. The van der Waals surface area contributed by atoms with Crippen molar-refractivity contribution in [3.05, 3.63) is 46.8 Å². The number of benzene rings is 1. The summed E-state index contributed by atoms with van der Waals surface area (Å²) < 4.78 is 7.42. The summed E-state index contributed by atoms with van der Waals surface area (Å²) >= 11 is 1.36. The quantitative estimate of drug-likeness (QED) is 0.586. The number of aromatic nitrogens is 4. The van der Waals surface area contributed by atoms with Gasteiger partial charge in [-0.2, -0.15) is 0 Å². The summed E-state index contributed by atoms with van der Waals surface area (Å²) in [5.41, 5.74) is 2.28. The SMILES string of the molecule is COc1ccc(-n2cnc3c(sc4ncnc(NC5CC5)c43)c2=O)c(C)c1. The third kappa shape index (κ3) is 2.64. The van der Waals surface area contributed by atoms with Crippen molar-refractivity contribution in [1.82, 2.24) is 19.5 Å². The van der Waals surface area contributed by atoms with E-state index < -0.39 is 0 Å². The maximum atomic E-state index is 13.2. The molecule has 1 fully saturated rings. The van der Waals surface area contributed by atoms with Crippen LogP contribution in [0.15, 0.2) is 35.6 Å². The zero-order valence-corrected chi connectivity index (χ0v) is 15.7. The standard InChI is InChI=1S/C19H17N5O2S/c1-10-7-12(26-2)5-6-13(10)24-9-22-15-14-17(23-11-3-4-11)20-8-21-18(14)27-16(15)19(24)25/h5-9,11H,3-4H2,1-2H3,(H,20,21,23). The van der Waals surface area contributed by atoms with Crippen LogP contribution in [0.3, 0.4) is 0 Å². The maximum Gasteiger partial charge on any atom is 0.275 e. The van der Waals surface area contributed by atoms with Crippen molar-refractivity contribution >= 4 is 37.6 Å². The molecule has 0 radical (unpaired) electrons. The predicted molar refractivity (Wildman–Crippen MR) is 106 cm³/mol. The number of thiophene rings is 1. The summed E-state index contributed by atoms with van der Waals surface area (Å²) in [5.74, 6) is 1.52. The number of anilines is 1. The highest BCUT2D eigenvalue weighted by molar-refractivity contribution is 7.25. The highest BCUT2D eigenvalue weighted by atomic mass is 32.1. The fraction of sp³-hybridized carbons (Fsp3) is 0.263. The number of nitrogens with zero attached hydrogens (tertiary/aromatic N) is 4. The van der Waals surface area contributed by atoms with Crippen molar-refractivity contribution in [3.63, 3.8) is 0 Å². The normalized spacial score (nSPS) is 14.0. The Balaban J connectivity index is 1.72. The minimum absolute atomic E-state index is 0.103. The van der Waals surface area contributed by atoms with Crippen molar-refractivity contribution in [2.45, 2.75) is 25.8 Å². The van der Waals surface area contributed by atoms with Crippen LogP contribution in [-0.4, -0.2) is 32.7 Å². The van der Waals surface area contributed by atoms with E-state index in [-0.39, 0.29) is 5.56 Å². The molecule has 7 nitrogen and oxygen atoms in total. The molecule has 0 amide bonds. The van der Waals surface area contributed by atoms with E-state index in [9.17, 15) is 4.79 Å². The van der Waals surface area contributed by atoms with Crippen molar-refractivity contribution in [1.29, 1.82) is 0 Å². The number of nitrogens with one attached hydrogen (secondary N) is 1. The minimum Gasteiger partial charge on any atom is -0.497 e. The molecular weight excluding hydrogens is 362 g/mol. The van der Waals surface area contributed by atoms with Gasteiger partial charge in [0.05, 0.1) is 18.2 Å². The summed E-state index contributed by atoms with van der Waals surface area (Å²) in [6.45, 7) is 1.95. The Morgan fingerprint density at radius 1 is 1.26 bits per heavy atom. The molecule has 3 heterocycles. The maximum absolute atomic E-state index is 13.2. The minimum atomic E-state index is -0.103. The van der Waals surface area contributed by atoms with Gasteiger partial charge in [-0.1, -0.05) is 0 Å². The Morgan fingerprint density at radius 2 is 2.11 bits per heavy atom. The van der Waals surface area contributed by atoms with Gasteiger partial charge in [0.25, 0.3) is 5.56 Å². The lowest BCUT2D eigenvalue weighted by atomic mass is 10.2. The van der Waals surface area contributed by atoms with Crippen LogP contribution >= 0.6 is 11.3 Å². The summed E-state index contributed by atoms with van der Waals surface area (Å²) in [7, 11) is 1.62. The van der Waals surface area contributed by atoms with Crippen molar-refractivity contribution < 1.29 is 4.74 Å². The molecule has 1 saturated carbocycles. The van der Waals surface area contributed by atoms with Gasteiger partial charge in [-0.15, -0.1) is 11.3 Å². The van der Waals surface area contributed by atoms with Gasteiger partial charge in [0.2, 0.25) is 0 Å². The van der Waals surface area contributed by atoms with Gasteiger partial charge in [0, 0.05) is 6.04 Å². The van der Waals surface area contributed by atoms with Crippen molar-refractivity contribution in [3.8, 4) is 11.4 Å². The molecule has 1 aliphatic carbocycles. The molecule has 8 heteroatoms.